The van der Waals surface area contributed by atoms with Gasteiger partial charge in [0.25, 0.3) is 5.91 Å². The van der Waals surface area contributed by atoms with E-state index in [1.54, 1.807) is 12.1 Å². The van der Waals surface area contributed by atoms with Crippen LogP contribution >= 0.6 is 23.2 Å². The maximum absolute atomic E-state index is 12.6. The number of nitrogens with one attached hydrogen (secondary N) is 3. The summed E-state index contributed by atoms with van der Waals surface area (Å²) in [6.07, 6.45) is 0.401. The minimum atomic E-state index is -0.779. The molecule has 30 heavy (non-hydrogen) atoms. The summed E-state index contributed by atoms with van der Waals surface area (Å²) < 4.78 is 5.07. The van der Waals surface area contributed by atoms with Gasteiger partial charge < -0.3 is 20.7 Å². The molecule has 1 aliphatic heterocycles. The average molecular weight is 450 g/mol. The quantitative estimate of drug-likeness (QED) is 0.589. The molecule has 3 N–H and O–H groups in total. The van der Waals surface area contributed by atoms with Crippen LogP contribution in [0.1, 0.15) is 23.6 Å². The molecule has 1 heterocycles. The fourth-order valence-corrected chi connectivity index (χ4v) is 3.91. The summed E-state index contributed by atoms with van der Waals surface area (Å²) in [5, 5.41) is 9.15. The first-order valence-electron chi connectivity index (χ1n) is 9.33. The third-order valence-corrected chi connectivity index (χ3v) is 5.23. The molecule has 0 unspecified atom stereocenters. The van der Waals surface area contributed by atoms with Crippen LogP contribution in [0.2, 0.25) is 10.0 Å². The van der Waals surface area contributed by atoms with Crippen molar-refractivity contribution in [1.29, 1.82) is 0 Å². The van der Waals surface area contributed by atoms with Gasteiger partial charge in [0.1, 0.15) is 6.04 Å². The molecule has 0 aliphatic carbocycles. The van der Waals surface area contributed by atoms with Crippen LogP contribution in [0, 0.1) is 0 Å². The predicted molar refractivity (Wildman–Crippen MR) is 115 cm³/mol. The van der Waals surface area contributed by atoms with Gasteiger partial charge in [-0.3, -0.25) is 9.59 Å². The van der Waals surface area contributed by atoms with Crippen molar-refractivity contribution >= 4 is 46.7 Å². The number of anilines is 1. The average Bonchev–Trinajstić information content (AvgIpc) is 2.71. The lowest BCUT2D eigenvalue weighted by molar-refractivity contribution is -0.149. The number of likely N-dealkylation sites (N-methyl/N-ethyl adjacent to an activating group) is 1. The summed E-state index contributed by atoms with van der Waals surface area (Å²) in [5.74, 6) is -1.23. The highest BCUT2D eigenvalue weighted by atomic mass is 35.5. The summed E-state index contributed by atoms with van der Waals surface area (Å²) in [6, 6.07) is 11.2. The third-order valence-electron chi connectivity index (χ3n) is 4.70. The second-order valence-electron chi connectivity index (χ2n) is 6.84. The van der Waals surface area contributed by atoms with Crippen molar-refractivity contribution in [2.75, 3.05) is 19.0 Å². The molecule has 0 bridgehead atoms. The Kier molecular flexibility index (Phi) is 7.18. The molecule has 0 saturated carbocycles. The molecule has 2 aromatic rings. The van der Waals surface area contributed by atoms with Crippen LogP contribution < -0.4 is 16.0 Å². The number of hydrogen-bond donors (Lipinski definition) is 3. The van der Waals surface area contributed by atoms with Gasteiger partial charge in [-0.2, -0.15) is 0 Å². The van der Waals surface area contributed by atoms with Crippen LogP contribution in [0.15, 0.2) is 42.5 Å². The van der Waals surface area contributed by atoms with Gasteiger partial charge >= 0.3 is 5.97 Å². The molecule has 2 aromatic carbocycles. The molecule has 7 nitrogen and oxygen atoms in total. The Balaban J connectivity index is 1.79. The summed E-state index contributed by atoms with van der Waals surface area (Å²) in [4.78, 5) is 36.5. The molecule has 0 fully saturated rings. The summed E-state index contributed by atoms with van der Waals surface area (Å²) >= 11 is 12.5. The maximum atomic E-state index is 12.6. The normalized spacial score (nSPS) is 17.3. The second kappa shape index (κ2) is 9.82. The molecule has 2 atom stereocenters. The van der Waals surface area contributed by atoms with Crippen LogP contribution in [0.5, 0.6) is 0 Å². The number of fused-ring (bicyclic) bond motifs is 1. The molecular weight excluding hydrogens is 429 g/mol. The number of carbonyl (C=O) groups excluding carboxylic acids is 3. The summed E-state index contributed by atoms with van der Waals surface area (Å²) in [6.45, 7) is -0.387. The van der Waals surface area contributed by atoms with E-state index in [1.165, 1.54) is 7.05 Å². The van der Waals surface area contributed by atoms with Crippen molar-refractivity contribution in [2.45, 2.75) is 24.9 Å². The van der Waals surface area contributed by atoms with Crippen molar-refractivity contribution in [3.05, 3.63) is 63.6 Å². The first-order chi connectivity index (χ1) is 14.4. The number of ether oxygens (including phenoxy) is 1. The Bertz CT molecular complexity index is 953. The monoisotopic (exact) mass is 449 g/mol. The minimum Gasteiger partial charge on any atom is -0.454 e. The van der Waals surface area contributed by atoms with Gasteiger partial charge in [-0.25, -0.2) is 4.79 Å². The molecule has 0 spiro atoms. The fourth-order valence-electron chi connectivity index (χ4n) is 3.28. The third kappa shape index (κ3) is 5.43. The van der Waals surface area contributed by atoms with E-state index in [-0.39, 0.29) is 25.4 Å². The van der Waals surface area contributed by atoms with E-state index in [0.717, 1.165) is 5.56 Å². The Hall–Kier alpha value is -2.77. The summed E-state index contributed by atoms with van der Waals surface area (Å²) in [5.41, 5.74) is 2.05. The molecule has 2 amide bonds. The molecular formula is C21H21Cl2N3O4. The molecule has 0 aromatic heterocycles. The van der Waals surface area contributed by atoms with Gasteiger partial charge in [-0.1, -0.05) is 53.5 Å². The van der Waals surface area contributed by atoms with E-state index in [1.807, 2.05) is 30.3 Å². The smallest absolute Gasteiger partial charge is 0.329 e. The first-order valence-corrected chi connectivity index (χ1v) is 10.1. The van der Waals surface area contributed by atoms with Gasteiger partial charge in [-0.15, -0.1) is 0 Å². The van der Waals surface area contributed by atoms with Crippen LogP contribution in [0.25, 0.3) is 0 Å². The Morgan fingerprint density at radius 1 is 1.13 bits per heavy atom. The standard InChI is InChI=1S/C21H21Cl2N3O4/c1-24-19(28)11-30-21(29)17-10-16(20-14(23)8-13(22)9-15(20)25-17)26-18(27)7-12-5-3-2-4-6-12/h2-6,8-9,16-17,25H,7,10-11H2,1H3,(H,24,28)(H,26,27)/t16-,17+/m0/s1. The zero-order chi connectivity index (χ0) is 21.7. The topological polar surface area (TPSA) is 96.5 Å². The number of carbonyl (C=O) groups is 3. The number of hydrogen-bond acceptors (Lipinski definition) is 5. The van der Waals surface area contributed by atoms with E-state index in [4.69, 9.17) is 27.9 Å². The Morgan fingerprint density at radius 3 is 2.57 bits per heavy atom. The lowest BCUT2D eigenvalue weighted by Crippen LogP contribution is -2.43. The predicted octanol–water partition coefficient (Wildman–Crippen LogP) is 2.87. The van der Waals surface area contributed by atoms with Gasteiger partial charge in [0.15, 0.2) is 6.61 Å². The number of halogens is 2. The van der Waals surface area contributed by atoms with E-state index >= 15 is 0 Å². The molecule has 158 valence electrons. The minimum absolute atomic E-state index is 0.192. The number of rotatable bonds is 6. The lowest BCUT2D eigenvalue weighted by atomic mass is 9.92. The van der Waals surface area contributed by atoms with Crippen LogP contribution in [0.4, 0.5) is 5.69 Å². The molecule has 9 heteroatoms. The van der Waals surface area contributed by atoms with Crippen LogP contribution in [-0.4, -0.2) is 37.5 Å². The Morgan fingerprint density at radius 2 is 1.87 bits per heavy atom. The van der Waals surface area contributed by atoms with Crippen LogP contribution in [0.3, 0.4) is 0 Å². The van der Waals surface area contributed by atoms with Crippen LogP contribution in [-0.2, 0) is 25.5 Å². The van der Waals surface area contributed by atoms with Crippen molar-refractivity contribution in [3.63, 3.8) is 0 Å². The number of esters is 1. The van der Waals surface area contributed by atoms with Gasteiger partial charge in [-0.05, 0) is 17.7 Å². The van der Waals surface area contributed by atoms with E-state index in [9.17, 15) is 14.4 Å². The highest BCUT2D eigenvalue weighted by Crippen LogP contribution is 2.40. The highest BCUT2D eigenvalue weighted by molar-refractivity contribution is 6.35. The Labute approximate surface area is 184 Å². The van der Waals surface area contributed by atoms with Gasteiger partial charge in [0, 0.05) is 34.8 Å². The summed E-state index contributed by atoms with van der Waals surface area (Å²) in [7, 11) is 1.45. The fraction of sp³-hybridized carbons (Fsp3) is 0.286. The van der Waals surface area contributed by atoms with Gasteiger partial charge in [0.2, 0.25) is 5.91 Å². The van der Waals surface area contributed by atoms with Crippen molar-refractivity contribution < 1.29 is 19.1 Å². The van der Waals surface area contributed by atoms with E-state index < -0.39 is 24.0 Å². The second-order valence-corrected chi connectivity index (χ2v) is 7.69. The lowest BCUT2D eigenvalue weighted by Gasteiger charge is -2.33. The van der Waals surface area contributed by atoms with Crippen molar-refractivity contribution in [3.8, 4) is 0 Å². The maximum Gasteiger partial charge on any atom is 0.329 e. The largest absolute Gasteiger partial charge is 0.454 e. The molecule has 0 saturated heterocycles. The van der Waals surface area contributed by atoms with E-state index in [0.29, 0.717) is 21.3 Å². The molecule has 1 aliphatic rings. The number of benzene rings is 2. The molecule has 0 radical (unpaired) electrons. The first kappa shape index (κ1) is 21.9. The SMILES string of the molecule is CNC(=O)COC(=O)[C@H]1C[C@H](NC(=O)Cc2ccccc2)c2c(Cl)cc(Cl)cc2N1. The highest BCUT2D eigenvalue weighted by Gasteiger charge is 2.34. The number of amides is 2. The van der Waals surface area contributed by atoms with Gasteiger partial charge in [0.05, 0.1) is 12.5 Å². The van der Waals surface area contributed by atoms with Crippen molar-refractivity contribution in [1.82, 2.24) is 10.6 Å². The van der Waals surface area contributed by atoms with E-state index in [2.05, 4.69) is 16.0 Å². The zero-order valence-electron chi connectivity index (χ0n) is 16.2. The van der Waals surface area contributed by atoms with Crippen molar-refractivity contribution in [2.24, 2.45) is 0 Å². The molecule has 3 rings (SSSR count). The zero-order valence-corrected chi connectivity index (χ0v) is 17.7.